The molecule has 37 heavy (non-hydrogen) atoms. The summed E-state index contributed by atoms with van der Waals surface area (Å²) in [5, 5.41) is 28.7. The number of benzene rings is 2. The number of anilines is 2. The van der Waals surface area contributed by atoms with Crippen LogP contribution in [0.1, 0.15) is 26.2 Å². The molecule has 1 saturated carbocycles. The predicted octanol–water partition coefficient (Wildman–Crippen LogP) is 4.95. The van der Waals surface area contributed by atoms with E-state index in [9.17, 15) is 5.11 Å². The van der Waals surface area contributed by atoms with E-state index in [-0.39, 0.29) is 0 Å². The van der Waals surface area contributed by atoms with Gasteiger partial charge in [-0.3, -0.25) is 4.68 Å². The molecule has 5 aromatic rings. The summed E-state index contributed by atoms with van der Waals surface area (Å²) in [6.07, 6.45) is 10.2. The van der Waals surface area contributed by atoms with Crippen molar-refractivity contribution >= 4 is 22.3 Å². The molecule has 9 nitrogen and oxygen atoms in total. The summed E-state index contributed by atoms with van der Waals surface area (Å²) in [6, 6.07) is 14.3. The Hall–Kier alpha value is -4.24. The molecule has 0 radical (unpaired) electrons. The van der Waals surface area contributed by atoms with Gasteiger partial charge in [0.15, 0.2) is 5.82 Å². The highest BCUT2D eigenvalue weighted by molar-refractivity contribution is 5.89. The third-order valence-electron chi connectivity index (χ3n) is 6.94. The number of pyridine rings is 1. The zero-order chi connectivity index (χ0) is 25.4. The maximum absolute atomic E-state index is 10.5. The number of aryl methyl sites for hydroxylation is 1. The molecule has 1 aliphatic rings. The number of nitrogens with one attached hydrogen (secondary N) is 1. The molecule has 2 aromatic carbocycles. The van der Waals surface area contributed by atoms with Crippen LogP contribution in [0.15, 0.2) is 67.4 Å². The Labute approximate surface area is 214 Å². The first-order valence-corrected chi connectivity index (χ1v) is 12.5. The lowest BCUT2D eigenvalue weighted by Crippen LogP contribution is -2.41. The summed E-state index contributed by atoms with van der Waals surface area (Å²) >= 11 is 0. The van der Waals surface area contributed by atoms with Gasteiger partial charge in [-0.2, -0.15) is 5.10 Å². The average molecular weight is 496 g/mol. The zero-order valence-corrected chi connectivity index (χ0v) is 20.9. The van der Waals surface area contributed by atoms with Gasteiger partial charge in [-0.05, 0) is 67.5 Å². The molecule has 3 heterocycles. The molecule has 0 bridgehead atoms. The summed E-state index contributed by atoms with van der Waals surface area (Å²) in [4.78, 5) is 4.62. The van der Waals surface area contributed by atoms with Crippen molar-refractivity contribution in [2.45, 2.75) is 38.3 Å². The maximum Gasteiger partial charge on any atom is 0.163 e. The van der Waals surface area contributed by atoms with E-state index in [4.69, 9.17) is 4.74 Å². The normalized spacial score (nSPS) is 14.5. The van der Waals surface area contributed by atoms with E-state index < -0.39 is 5.60 Å². The third-order valence-corrected chi connectivity index (χ3v) is 6.94. The Morgan fingerprint density at radius 1 is 1.03 bits per heavy atom. The molecule has 2 N–H and O–H groups in total. The van der Waals surface area contributed by atoms with Crippen LogP contribution in [0.4, 0.5) is 11.5 Å². The third kappa shape index (κ3) is 4.65. The average Bonchev–Trinajstić information content (AvgIpc) is 3.53. The van der Waals surface area contributed by atoms with Gasteiger partial charge >= 0.3 is 0 Å². The highest BCUT2D eigenvalue weighted by atomic mass is 16.5. The first kappa shape index (κ1) is 23.2. The summed E-state index contributed by atoms with van der Waals surface area (Å²) in [7, 11) is 1.91. The van der Waals surface area contributed by atoms with E-state index in [0.717, 1.165) is 69.8 Å². The minimum atomic E-state index is -0.605. The molecule has 0 spiro atoms. The number of hydrogen-bond donors (Lipinski definition) is 2. The Kier molecular flexibility index (Phi) is 5.84. The Morgan fingerprint density at radius 2 is 1.89 bits per heavy atom. The summed E-state index contributed by atoms with van der Waals surface area (Å²) in [5.74, 6) is 2.22. The molecular formula is C28H29N7O2. The standard InChI is InChI=1S/C28H29N7O2/c1-3-37-25-12-20(27-33-30-18-34(27)2)7-8-24(25)32-26-13-22-11-19(5-6-21(22)14-29-26)23-15-31-35(16-23)17-28(36)9-4-10-28/h5-8,11-16,18,36H,3-4,9-10,17H2,1-2H3,(H,29,32). The van der Waals surface area contributed by atoms with Gasteiger partial charge in [0, 0.05) is 36.0 Å². The number of hydrogen-bond acceptors (Lipinski definition) is 7. The van der Waals surface area contributed by atoms with E-state index >= 15 is 0 Å². The van der Waals surface area contributed by atoms with Crippen LogP contribution in [-0.2, 0) is 13.6 Å². The van der Waals surface area contributed by atoms with Crippen LogP contribution in [0.3, 0.4) is 0 Å². The lowest BCUT2D eigenvalue weighted by atomic mass is 9.80. The SMILES string of the molecule is CCOc1cc(-c2nncn2C)ccc1Nc1cc2cc(-c3cnn(CC4(O)CCC4)c3)ccc2cn1. The van der Waals surface area contributed by atoms with E-state index in [1.165, 1.54) is 0 Å². The molecule has 0 aliphatic heterocycles. The van der Waals surface area contributed by atoms with Gasteiger partial charge in [-0.1, -0.05) is 12.1 Å². The number of rotatable bonds is 8. The van der Waals surface area contributed by atoms with Crippen molar-refractivity contribution in [3.63, 3.8) is 0 Å². The number of aromatic nitrogens is 6. The van der Waals surface area contributed by atoms with E-state index in [1.54, 1.807) is 6.33 Å². The molecule has 6 rings (SSSR count). The summed E-state index contributed by atoms with van der Waals surface area (Å²) in [6.45, 7) is 3.04. The quantitative estimate of drug-likeness (QED) is 0.314. The Morgan fingerprint density at radius 3 is 2.65 bits per heavy atom. The second-order valence-corrected chi connectivity index (χ2v) is 9.67. The molecule has 1 fully saturated rings. The van der Waals surface area contributed by atoms with Crippen molar-refractivity contribution in [2.75, 3.05) is 11.9 Å². The van der Waals surface area contributed by atoms with Gasteiger partial charge in [0.1, 0.15) is 17.9 Å². The molecular weight excluding hydrogens is 466 g/mol. The fourth-order valence-electron chi connectivity index (χ4n) is 4.75. The van der Waals surface area contributed by atoms with Gasteiger partial charge in [0.05, 0.1) is 30.6 Å². The topological polar surface area (TPSA) is 103 Å². The second kappa shape index (κ2) is 9.33. The highest BCUT2D eigenvalue weighted by Crippen LogP contribution is 2.34. The van der Waals surface area contributed by atoms with Crippen molar-refractivity contribution in [1.82, 2.24) is 29.5 Å². The Balaban J connectivity index is 1.26. The van der Waals surface area contributed by atoms with Crippen molar-refractivity contribution in [3.05, 3.63) is 67.4 Å². The summed E-state index contributed by atoms with van der Waals surface area (Å²) in [5.41, 5.74) is 3.24. The lowest BCUT2D eigenvalue weighted by Gasteiger charge is -2.36. The molecule has 0 atom stereocenters. The molecule has 188 valence electrons. The largest absolute Gasteiger partial charge is 0.492 e. The maximum atomic E-state index is 10.5. The van der Waals surface area contributed by atoms with Crippen molar-refractivity contribution in [1.29, 1.82) is 0 Å². The van der Waals surface area contributed by atoms with Crippen molar-refractivity contribution in [2.24, 2.45) is 7.05 Å². The van der Waals surface area contributed by atoms with Gasteiger partial charge in [-0.15, -0.1) is 10.2 Å². The highest BCUT2D eigenvalue weighted by Gasteiger charge is 2.34. The van der Waals surface area contributed by atoms with Crippen LogP contribution < -0.4 is 10.1 Å². The van der Waals surface area contributed by atoms with Gasteiger partial charge in [-0.25, -0.2) is 4.98 Å². The van der Waals surface area contributed by atoms with Crippen LogP contribution in [0.5, 0.6) is 5.75 Å². The van der Waals surface area contributed by atoms with Gasteiger partial charge in [0.2, 0.25) is 0 Å². The number of nitrogens with zero attached hydrogens (tertiary/aromatic N) is 6. The zero-order valence-electron chi connectivity index (χ0n) is 20.9. The van der Waals surface area contributed by atoms with Gasteiger partial charge in [0.25, 0.3) is 0 Å². The molecule has 9 heteroatoms. The second-order valence-electron chi connectivity index (χ2n) is 9.67. The molecule has 1 aliphatic carbocycles. The fourth-order valence-corrected chi connectivity index (χ4v) is 4.75. The van der Waals surface area contributed by atoms with E-state index in [2.05, 4.69) is 43.8 Å². The van der Waals surface area contributed by atoms with Crippen LogP contribution in [-0.4, -0.2) is 46.8 Å². The number of fused-ring (bicyclic) bond motifs is 1. The molecule has 0 amide bonds. The minimum Gasteiger partial charge on any atom is -0.492 e. The van der Waals surface area contributed by atoms with Crippen LogP contribution in [0, 0.1) is 0 Å². The van der Waals surface area contributed by atoms with E-state index in [1.807, 2.05) is 66.1 Å². The fraction of sp³-hybridized carbons (Fsp3) is 0.286. The van der Waals surface area contributed by atoms with Crippen LogP contribution in [0.2, 0.25) is 0 Å². The lowest BCUT2D eigenvalue weighted by molar-refractivity contribution is -0.0498. The minimum absolute atomic E-state index is 0.538. The number of ether oxygens (including phenoxy) is 1. The van der Waals surface area contributed by atoms with Crippen molar-refractivity contribution in [3.8, 4) is 28.3 Å². The molecule has 0 unspecified atom stereocenters. The van der Waals surface area contributed by atoms with Crippen LogP contribution >= 0.6 is 0 Å². The first-order valence-electron chi connectivity index (χ1n) is 12.5. The predicted molar refractivity (Wildman–Crippen MR) is 143 cm³/mol. The van der Waals surface area contributed by atoms with Crippen molar-refractivity contribution < 1.29 is 9.84 Å². The molecule has 0 saturated heterocycles. The van der Waals surface area contributed by atoms with Crippen LogP contribution in [0.25, 0.3) is 33.3 Å². The molecule has 3 aromatic heterocycles. The number of aliphatic hydroxyl groups is 1. The first-order chi connectivity index (χ1) is 18.0. The van der Waals surface area contributed by atoms with Gasteiger partial charge < -0.3 is 19.7 Å². The summed E-state index contributed by atoms with van der Waals surface area (Å²) < 4.78 is 9.65. The Bertz CT molecular complexity index is 1570. The van der Waals surface area contributed by atoms with E-state index in [0.29, 0.717) is 13.2 Å². The monoisotopic (exact) mass is 495 g/mol. The smallest absolute Gasteiger partial charge is 0.163 e.